The summed E-state index contributed by atoms with van der Waals surface area (Å²) in [5.74, 6) is 0.824. The van der Waals surface area contributed by atoms with Crippen molar-refractivity contribution in [3.63, 3.8) is 0 Å². The SMILES string of the molecule is CCc1ccc2[nH]c(=O)c(C(c3nnnn3C3CCCCC3)N3CCCCC3)cc2c1. The van der Waals surface area contributed by atoms with Gasteiger partial charge >= 0.3 is 0 Å². The van der Waals surface area contributed by atoms with Crippen molar-refractivity contribution in [2.75, 3.05) is 13.1 Å². The molecule has 1 aliphatic heterocycles. The Morgan fingerprint density at radius 2 is 1.84 bits per heavy atom. The van der Waals surface area contributed by atoms with Crippen LogP contribution in [-0.2, 0) is 6.42 Å². The zero-order valence-electron chi connectivity index (χ0n) is 18.4. The van der Waals surface area contributed by atoms with Gasteiger partial charge in [0.2, 0.25) is 0 Å². The van der Waals surface area contributed by atoms with Gasteiger partial charge in [0.1, 0.15) is 6.04 Å². The molecule has 31 heavy (non-hydrogen) atoms. The van der Waals surface area contributed by atoms with Gasteiger partial charge in [0.15, 0.2) is 5.82 Å². The number of hydrogen-bond acceptors (Lipinski definition) is 5. The third-order valence-corrected chi connectivity index (χ3v) is 7.08. The van der Waals surface area contributed by atoms with E-state index < -0.39 is 0 Å². The molecular weight excluding hydrogens is 388 g/mol. The summed E-state index contributed by atoms with van der Waals surface area (Å²) in [4.78, 5) is 18.8. The topological polar surface area (TPSA) is 79.7 Å². The van der Waals surface area contributed by atoms with Crippen LogP contribution in [0.4, 0.5) is 0 Å². The number of benzene rings is 1. The van der Waals surface area contributed by atoms with E-state index in [0.29, 0.717) is 6.04 Å². The number of H-pyrrole nitrogens is 1. The van der Waals surface area contributed by atoms with Crippen molar-refractivity contribution >= 4 is 10.9 Å². The standard InChI is InChI=1S/C24H32N6O/c1-2-17-11-12-21-18(15-17)16-20(24(31)25-21)22(29-13-7-4-8-14-29)23-26-27-28-30(23)19-9-5-3-6-10-19/h11-12,15-16,19,22H,2-10,13-14H2,1H3,(H,25,31). The first-order valence-electron chi connectivity index (χ1n) is 11.9. The van der Waals surface area contributed by atoms with Crippen molar-refractivity contribution in [3.05, 3.63) is 51.6 Å². The molecule has 1 N–H and O–H groups in total. The number of tetrazole rings is 1. The van der Waals surface area contributed by atoms with Crippen LogP contribution >= 0.6 is 0 Å². The summed E-state index contributed by atoms with van der Waals surface area (Å²) in [6, 6.07) is 8.48. The van der Waals surface area contributed by atoms with Gasteiger partial charge < -0.3 is 4.98 Å². The van der Waals surface area contributed by atoms with E-state index in [1.807, 2.05) is 10.7 Å². The molecule has 1 unspecified atom stereocenters. The van der Waals surface area contributed by atoms with Crippen molar-refractivity contribution < 1.29 is 0 Å². The first-order valence-corrected chi connectivity index (χ1v) is 11.9. The lowest BCUT2D eigenvalue weighted by Crippen LogP contribution is -2.39. The van der Waals surface area contributed by atoms with Crippen LogP contribution in [0, 0.1) is 0 Å². The highest BCUT2D eigenvalue weighted by Gasteiger charge is 2.33. The monoisotopic (exact) mass is 420 g/mol. The maximum absolute atomic E-state index is 13.3. The summed E-state index contributed by atoms with van der Waals surface area (Å²) < 4.78 is 2.03. The van der Waals surface area contributed by atoms with E-state index in [0.717, 1.165) is 67.5 Å². The molecule has 1 aliphatic carbocycles. The van der Waals surface area contributed by atoms with E-state index in [9.17, 15) is 4.79 Å². The quantitative estimate of drug-likeness (QED) is 0.670. The van der Waals surface area contributed by atoms with E-state index >= 15 is 0 Å². The van der Waals surface area contributed by atoms with Gasteiger partial charge in [-0.25, -0.2) is 4.68 Å². The Bertz CT molecular complexity index is 1090. The largest absolute Gasteiger partial charge is 0.322 e. The first kappa shape index (κ1) is 20.4. The van der Waals surface area contributed by atoms with Gasteiger partial charge in [0.25, 0.3) is 5.56 Å². The third kappa shape index (κ3) is 4.03. The molecule has 0 amide bonds. The van der Waals surface area contributed by atoms with Crippen LogP contribution in [0.2, 0.25) is 0 Å². The maximum Gasteiger partial charge on any atom is 0.253 e. The minimum atomic E-state index is -0.212. The molecule has 1 saturated heterocycles. The fourth-order valence-electron chi connectivity index (χ4n) is 5.34. The zero-order chi connectivity index (χ0) is 21.2. The van der Waals surface area contributed by atoms with E-state index in [1.54, 1.807) is 0 Å². The van der Waals surface area contributed by atoms with E-state index in [-0.39, 0.29) is 11.6 Å². The Labute approximate surface area is 182 Å². The number of fused-ring (bicyclic) bond motifs is 1. The maximum atomic E-state index is 13.3. The number of likely N-dealkylation sites (tertiary alicyclic amines) is 1. The molecular formula is C24H32N6O. The van der Waals surface area contributed by atoms with Crippen molar-refractivity contribution in [1.82, 2.24) is 30.1 Å². The molecule has 2 aliphatic rings. The Balaban J connectivity index is 1.63. The molecule has 7 nitrogen and oxygen atoms in total. The average molecular weight is 421 g/mol. The Morgan fingerprint density at radius 3 is 2.61 bits per heavy atom. The molecule has 1 saturated carbocycles. The number of aryl methyl sites for hydroxylation is 1. The minimum Gasteiger partial charge on any atom is -0.322 e. The second-order valence-electron chi connectivity index (χ2n) is 9.10. The van der Waals surface area contributed by atoms with Gasteiger partial charge in [0.05, 0.1) is 6.04 Å². The molecule has 7 heteroatoms. The molecule has 3 aromatic rings. The number of aromatic nitrogens is 5. The smallest absolute Gasteiger partial charge is 0.253 e. The molecule has 2 aromatic heterocycles. The number of hydrogen-bond donors (Lipinski definition) is 1. The summed E-state index contributed by atoms with van der Waals surface area (Å²) in [6.07, 6.45) is 10.4. The second kappa shape index (κ2) is 8.91. The molecule has 0 radical (unpaired) electrons. The van der Waals surface area contributed by atoms with Gasteiger partial charge in [0, 0.05) is 11.1 Å². The fourth-order valence-corrected chi connectivity index (χ4v) is 5.34. The number of nitrogens with one attached hydrogen (secondary N) is 1. The lowest BCUT2D eigenvalue weighted by molar-refractivity contribution is 0.171. The van der Waals surface area contributed by atoms with Crippen LogP contribution in [0.3, 0.4) is 0 Å². The molecule has 0 spiro atoms. The Morgan fingerprint density at radius 1 is 1.06 bits per heavy atom. The number of rotatable bonds is 5. The van der Waals surface area contributed by atoms with Crippen molar-refractivity contribution in [2.24, 2.45) is 0 Å². The fraction of sp³-hybridized carbons (Fsp3) is 0.583. The van der Waals surface area contributed by atoms with E-state index in [1.165, 1.54) is 31.2 Å². The highest BCUT2D eigenvalue weighted by Crippen LogP contribution is 2.34. The normalized spacial score (nSPS) is 19.6. The molecule has 2 fully saturated rings. The lowest BCUT2D eigenvalue weighted by Gasteiger charge is -2.34. The Kier molecular flexibility index (Phi) is 5.85. The van der Waals surface area contributed by atoms with Crippen LogP contribution in [0.25, 0.3) is 10.9 Å². The summed E-state index contributed by atoms with van der Waals surface area (Å²) in [7, 11) is 0. The second-order valence-corrected chi connectivity index (χ2v) is 9.10. The highest BCUT2D eigenvalue weighted by atomic mass is 16.1. The van der Waals surface area contributed by atoms with Gasteiger partial charge in [-0.15, -0.1) is 5.10 Å². The Hall–Kier alpha value is -2.54. The van der Waals surface area contributed by atoms with Crippen molar-refractivity contribution in [3.8, 4) is 0 Å². The number of aromatic amines is 1. The predicted octanol–water partition coefficient (Wildman–Crippen LogP) is 4.16. The molecule has 3 heterocycles. The van der Waals surface area contributed by atoms with Crippen molar-refractivity contribution in [1.29, 1.82) is 0 Å². The van der Waals surface area contributed by atoms with Crippen LogP contribution < -0.4 is 5.56 Å². The van der Waals surface area contributed by atoms with Gasteiger partial charge in [-0.3, -0.25) is 9.69 Å². The summed E-state index contributed by atoms with van der Waals surface area (Å²) in [5.41, 5.74) is 2.88. The third-order valence-electron chi connectivity index (χ3n) is 7.08. The molecule has 1 aromatic carbocycles. The van der Waals surface area contributed by atoms with Crippen LogP contribution in [0.5, 0.6) is 0 Å². The van der Waals surface area contributed by atoms with Crippen molar-refractivity contribution in [2.45, 2.75) is 76.8 Å². The molecule has 164 valence electrons. The van der Waals surface area contributed by atoms with Crippen LogP contribution in [0.1, 0.15) is 87.3 Å². The molecule has 5 rings (SSSR count). The summed E-state index contributed by atoms with van der Waals surface area (Å²) in [6.45, 7) is 4.09. The first-order chi connectivity index (χ1) is 15.2. The highest BCUT2D eigenvalue weighted by molar-refractivity contribution is 5.80. The number of piperidine rings is 1. The zero-order valence-corrected chi connectivity index (χ0v) is 18.4. The number of nitrogens with zero attached hydrogens (tertiary/aromatic N) is 5. The van der Waals surface area contributed by atoms with Crippen LogP contribution in [-0.4, -0.2) is 43.2 Å². The molecule has 1 atom stereocenters. The van der Waals surface area contributed by atoms with Gasteiger partial charge in [-0.2, -0.15) is 0 Å². The van der Waals surface area contributed by atoms with Crippen LogP contribution in [0.15, 0.2) is 29.1 Å². The number of pyridine rings is 1. The summed E-state index contributed by atoms with van der Waals surface area (Å²) in [5, 5.41) is 14.1. The van der Waals surface area contributed by atoms with E-state index in [2.05, 4.69) is 50.5 Å². The van der Waals surface area contributed by atoms with Gasteiger partial charge in [-0.1, -0.05) is 38.7 Å². The molecule has 0 bridgehead atoms. The van der Waals surface area contributed by atoms with Gasteiger partial charge in [-0.05, 0) is 84.8 Å². The average Bonchev–Trinajstić information content (AvgIpc) is 3.30. The van der Waals surface area contributed by atoms with E-state index in [4.69, 9.17) is 0 Å². The predicted molar refractivity (Wildman–Crippen MR) is 121 cm³/mol. The summed E-state index contributed by atoms with van der Waals surface area (Å²) >= 11 is 0. The lowest BCUT2D eigenvalue weighted by atomic mass is 9.94. The minimum absolute atomic E-state index is 0.0366.